The summed E-state index contributed by atoms with van der Waals surface area (Å²) in [4.78, 5) is 7.80. The lowest BCUT2D eigenvalue weighted by Crippen LogP contribution is -1.97. The zero-order chi connectivity index (χ0) is 13.1. The van der Waals surface area contributed by atoms with Crippen LogP contribution in [0.3, 0.4) is 0 Å². The molecule has 7 heteroatoms. The number of hydrogen-bond acceptors (Lipinski definition) is 4. The first-order chi connectivity index (χ1) is 8.60. The summed E-state index contributed by atoms with van der Waals surface area (Å²) in [6.07, 6.45) is 1.44. The van der Waals surface area contributed by atoms with Gasteiger partial charge in [-0.15, -0.1) is 0 Å². The van der Waals surface area contributed by atoms with Crippen molar-refractivity contribution in [3.63, 3.8) is 0 Å². The van der Waals surface area contributed by atoms with Gasteiger partial charge in [-0.25, -0.2) is 4.98 Å². The second-order valence-corrected chi connectivity index (χ2v) is 4.91. The molecule has 1 aromatic heterocycles. The average molecular weight is 349 g/mol. The van der Waals surface area contributed by atoms with Gasteiger partial charge in [0.25, 0.3) is 0 Å². The lowest BCUT2D eigenvalue weighted by molar-refractivity contribution is 0.415. The lowest BCUT2D eigenvalue weighted by atomic mass is 10.3. The number of ether oxygens (including phenoxy) is 1. The monoisotopic (exact) mass is 347 g/mol. The molecule has 0 aliphatic carbocycles. The van der Waals surface area contributed by atoms with Gasteiger partial charge in [-0.2, -0.15) is 4.98 Å². The fourth-order valence-corrected chi connectivity index (χ4v) is 1.91. The van der Waals surface area contributed by atoms with Crippen molar-refractivity contribution in [2.45, 2.75) is 0 Å². The van der Waals surface area contributed by atoms with Crippen LogP contribution in [0, 0.1) is 0 Å². The van der Waals surface area contributed by atoms with Crippen LogP contribution < -0.4 is 10.1 Å². The highest BCUT2D eigenvalue weighted by Gasteiger charge is 2.08. The molecule has 2 aromatic rings. The standard InChI is InChI=1S/C11H8BrCl2N3O/c1-18-6-2-3-7(12)9(4-6)16-10-8(13)5-15-11(14)17-10/h2-5H,1H3,(H,15,16,17). The van der Waals surface area contributed by atoms with Crippen molar-refractivity contribution in [3.05, 3.63) is 39.2 Å². The van der Waals surface area contributed by atoms with Crippen molar-refractivity contribution in [1.82, 2.24) is 9.97 Å². The molecule has 1 aromatic carbocycles. The Morgan fingerprint density at radius 3 is 2.83 bits per heavy atom. The van der Waals surface area contributed by atoms with Crippen LogP contribution in [0.25, 0.3) is 0 Å². The number of rotatable bonds is 3. The zero-order valence-corrected chi connectivity index (χ0v) is 12.3. The Kier molecular flexibility index (Phi) is 4.27. The third kappa shape index (κ3) is 3.04. The van der Waals surface area contributed by atoms with E-state index in [-0.39, 0.29) is 5.28 Å². The highest BCUT2D eigenvalue weighted by Crippen LogP contribution is 2.31. The number of anilines is 2. The number of benzene rings is 1. The minimum atomic E-state index is 0.126. The fourth-order valence-electron chi connectivity index (χ4n) is 1.29. The minimum Gasteiger partial charge on any atom is -0.497 e. The van der Waals surface area contributed by atoms with Gasteiger partial charge in [-0.1, -0.05) is 11.6 Å². The minimum absolute atomic E-state index is 0.126. The van der Waals surface area contributed by atoms with E-state index in [0.29, 0.717) is 10.8 Å². The van der Waals surface area contributed by atoms with E-state index in [1.54, 1.807) is 7.11 Å². The van der Waals surface area contributed by atoms with Gasteiger partial charge in [0.15, 0.2) is 5.82 Å². The Hall–Kier alpha value is -1.04. The van der Waals surface area contributed by atoms with E-state index < -0.39 is 0 Å². The molecule has 0 bridgehead atoms. The number of nitrogens with one attached hydrogen (secondary N) is 1. The Labute approximate surface area is 122 Å². The summed E-state index contributed by atoms with van der Waals surface area (Å²) >= 11 is 15.1. The first kappa shape index (κ1) is 13.4. The Balaban J connectivity index is 2.36. The fraction of sp³-hybridized carbons (Fsp3) is 0.0909. The molecule has 0 aliphatic heterocycles. The van der Waals surface area contributed by atoms with E-state index in [0.717, 1.165) is 15.9 Å². The molecule has 0 spiro atoms. The number of halogens is 3. The van der Waals surface area contributed by atoms with Crippen LogP contribution in [0.4, 0.5) is 11.5 Å². The van der Waals surface area contributed by atoms with Gasteiger partial charge in [0, 0.05) is 10.5 Å². The van der Waals surface area contributed by atoms with Crippen molar-refractivity contribution in [3.8, 4) is 5.75 Å². The molecule has 0 amide bonds. The highest BCUT2D eigenvalue weighted by molar-refractivity contribution is 9.10. The maximum Gasteiger partial charge on any atom is 0.224 e. The van der Waals surface area contributed by atoms with Crippen molar-refractivity contribution in [1.29, 1.82) is 0 Å². The summed E-state index contributed by atoms with van der Waals surface area (Å²) in [6.45, 7) is 0. The number of hydrogen-bond donors (Lipinski definition) is 1. The molecular weight excluding hydrogens is 341 g/mol. The van der Waals surface area contributed by atoms with Crippen LogP contribution in [0.1, 0.15) is 0 Å². The maximum atomic E-state index is 5.98. The molecule has 0 fully saturated rings. The third-order valence-corrected chi connectivity index (χ3v) is 3.29. The van der Waals surface area contributed by atoms with Crippen LogP contribution in [-0.4, -0.2) is 17.1 Å². The second-order valence-electron chi connectivity index (χ2n) is 3.31. The molecule has 1 N–H and O–H groups in total. The van der Waals surface area contributed by atoms with E-state index in [1.165, 1.54) is 6.20 Å². The van der Waals surface area contributed by atoms with Crippen LogP contribution in [0.2, 0.25) is 10.3 Å². The quantitative estimate of drug-likeness (QED) is 0.840. The normalized spacial score (nSPS) is 10.2. The molecule has 0 aliphatic rings. The number of aromatic nitrogens is 2. The Morgan fingerprint density at radius 1 is 1.33 bits per heavy atom. The van der Waals surface area contributed by atoms with E-state index in [2.05, 4.69) is 31.2 Å². The molecule has 0 unspecified atom stereocenters. The van der Waals surface area contributed by atoms with Crippen molar-refractivity contribution in [2.24, 2.45) is 0 Å². The van der Waals surface area contributed by atoms with Crippen LogP contribution in [-0.2, 0) is 0 Å². The predicted molar refractivity (Wildman–Crippen MR) is 76.0 cm³/mol. The van der Waals surface area contributed by atoms with E-state index >= 15 is 0 Å². The molecule has 0 saturated heterocycles. The molecule has 0 atom stereocenters. The molecule has 1 heterocycles. The van der Waals surface area contributed by atoms with E-state index in [9.17, 15) is 0 Å². The summed E-state index contributed by atoms with van der Waals surface area (Å²) < 4.78 is 6.00. The number of methoxy groups -OCH3 is 1. The van der Waals surface area contributed by atoms with Gasteiger partial charge >= 0.3 is 0 Å². The van der Waals surface area contributed by atoms with Gasteiger partial charge in [-0.05, 0) is 39.7 Å². The van der Waals surface area contributed by atoms with E-state index in [1.807, 2.05) is 18.2 Å². The van der Waals surface area contributed by atoms with Gasteiger partial charge < -0.3 is 10.1 Å². The van der Waals surface area contributed by atoms with Crippen molar-refractivity contribution < 1.29 is 4.74 Å². The summed E-state index contributed by atoms with van der Waals surface area (Å²) in [5.74, 6) is 1.16. The van der Waals surface area contributed by atoms with Gasteiger partial charge in [0.1, 0.15) is 10.8 Å². The SMILES string of the molecule is COc1ccc(Br)c(Nc2nc(Cl)ncc2Cl)c1. The summed E-state index contributed by atoms with van der Waals surface area (Å²) in [7, 11) is 1.60. The molecule has 18 heavy (non-hydrogen) atoms. The third-order valence-electron chi connectivity index (χ3n) is 2.14. The maximum absolute atomic E-state index is 5.98. The zero-order valence-electron chi connectivity index (χ0n) is 9.25. The topological polar surface area (TPSA) is 47.0 Å². The van der Waals surface area contributed by atoms with E-state index in [4.69, 9.17) is 27.9 Å². The molecule has 0 saturated carbocycles. The molecule has 2 rings (SSSR count). The van der Waals surface area contributed by atoms with Gasteiger partial charge in [0.2, 0.25) is 5.28 Å². The predicted octanol–water partition coefficient (Wildman–Crippen LogP) is 4.30. The van der Waals surface area contributed by atoms with Crippen LogP contribution >= 0.6 is 39.1 Å². The summed E-state index contributed by atoms with van der Waals surface area (Å²) in [5.41, 5.74) is 0.769. The largest absolute Gasteiger partial charge is 0.497 e. The first-order valence-electron chi connectivity index (χ1n) is 4.89. The molecule has 94 valence electrons. The molecule has 0 radical (unpaired) electrons. The van der Waals surface area contributed by atoms with Crippen LogP contribution in [0.5, 0.6) is 5.75 Å². The molecule has 4 nitrogen and oxygen atoms in total. The van der Waals surface area contributed by atoms with Gasteiger partial charge in [-0.3, -0.25) is 0 Å². The van der Waals surface area contributed by atoms with Gasteiger partial charge in [0.05, 0.1) is 19.0 Å². The summed E-state index contributed by atoms with van der Waals surface area (Å²) in [5, 5.41) is 3.57. The van der Waals surface area contributed by atoms with Crippen molar-refractivity contribution in [2.75, 3.05) is 12.4 Å². The highest BCUT2D eigenvalue weighted by atomic mass is 79.9. The lowest BCUT2D eigenvalue weighted by Gasteiger charge is -2.10. The molecular formula is C11H8BrCl2N3O. The van der Waals surface area contributed by atoms with Crippen LogP contribution in [0.15, 0.2) is 28.9 Å². The smallest absolute Gasteiger partial charge is 0.224 e. The average Bonchev–Trinajstić information content (AvgIpc) is 2.36. The Bertz CT molecular complexity index is 580. The number of nitrogens with zero attached hydrogens (tertiary/aromatic N) is 2. The first-order valence-corrected chi connectivity index (χ1v) is 6.43. The Morgan fingerprint density at radius 2 is 2.11 bits per heavy atom. The summed E-state index contributed by atoms with van der Waals surface area (Å²) in [6, 6.07) is 5.51. The van der Waals surface area contributed by atoms with Crippen molar-refractivity contribution >= 4 is 50.6 Å². The second kappa shape index (κ2) is 5.73.